The second kappa shape index (κ2) is 8.12. The van der Waals surface area contributed by atoms with Crippen molar-refractivity contribution in [1.29, 1.82) is 5.26 Å². The van der Waals surface area contributed by atoms with Crippen molar-refractivity contribution in [3.05, 3.63) is 37.7 Å². The summed E-state index contributed by atoms with van der Waals surface area (Å²) in [6.45, 7) is 4.28. The Morgan fingerprint density at radius 1 is 1.48 bits per heavy atom. The van der Waals surface area contributed by atoms with Crippen molar-refractivity contribution in [3.8, 4) is 6.07 Å². The number of carbonyl (C=O) groups is 1. The molecule has 2 rings (SSSR count). The predicted octanol–water partition coefficient (Wildman–Crippen LogP) is -0.433. The van der Waals surface area contributed by atoms with Gasteiger partial charge in [-0.1, -0.05) is 6.07 Å². The Labute approximate surface area is 147 Å². The Morgan fingerprint density at radius 3 is 2.84 bits per heavy atom. The van der Waals surface area contributed by atoms with Crippen LogP contribution in [-0.2, 0) is 11.3 Å². The summed E-state index contributed by atoms with van der Waals surface area (Å²) >= 11 is 1.07. The van der Waals surface area contributed by atoms with Crippen molar-refractivity contribution in [2.75, 3.05) is 17.6 Å². The number of thiazole rings is 1. The van der Waals surface area contributed by atoms with Crippen LogP contribution in [0.2, 0.25) is 0 Å². The molecule has 2 aromatic rings. The maximum Gasteiger partial charge on any atom is 0.270 e. The smallest absolute Gasteiger partial charge is 0.270 e. The van der Waals surface area contributed by atoms with Crippen molar-refractivity contribution >= 4 is 40.7 Å². The van der Waals surface area contributed by atoms with E-state index in [1.54, 1.807) is 32.0 Å². The number of nitrogens with one attached hydrogen (secondary N) is 2. The van der Waals surface area contributed by atoms with Gasteiger partial charge in [0.25, 0.3) is 11.5 Å². The van der Waals surface area contributed by atoms with Gasteiger partial charge in [0.15, 0.2) is 5.57 Å². The molecule has 0 aliphatic heterocycles. The van der Waals surface area contributed by atoms with Gasteiger partial charge in [-0.15, -0.1) is 11.3 Å². The van der Waals surface area contributed by atoms with Crippen molar-refractivity contribution in [2.45, 2.75) is 20.4 Å². The number of hydrogen-bond donors (Lipinski definition) is 3. The van der Waals surface area contributed by atoms with Gasteiger partial charge < -0.3 is 16.4 Å². The highest BCUT2D eigenvalue weighted by atomic mass is 32.1. The first-order valence-electron chi connectivity index (χ1n) is 7.63. The second-order valence-electron chi connectivity index (χ2n) is 4.90. The Hall–Kier alpha value is -3.12. The summed E-state index contributed by atoms with van der Waals surface area (Å²) in [7, 11) is 0. The summed E-state index contributed by atoms with van der Waals surface area (Å²) < 4.78 is 2.09. The summed E-state index contributed by atoms with van der Waals surface area (Å²) in [5.74, 6) is 0.351. The van der Waals surface area contributed by atoms with Gasteiger partial charge in [-0.3, -0.25) is 14.2 Å². The number of nitrogens with two attached hydrogens (primary N) is 1. The van der Waals surface area contributed by atoms with Crippen LogP contribution in [0.4, 0.5) is 11.6 Å². The lowest BCUT2D eigenvalue weighted by atomic mass is 10.3. The van der Waals surface area contributed by atoms with Crippen molar-refractivity contribution in [3.63, 3.8) is 0 Å². The molecule has 0 aliphatic rings. The number of nitriles is 1. The highest BCUT2D eigenvalue weighted by Gasteiger charge is 2.14. The Balaban J connectivity index is 2.58. The van der Waals surface area contributed by atoms with E-state index in [0.29, 0.717) is 33.9 Å². The third kappa shape index (κ3) is 4.05. The van der Waals surface area contributed by atoms with Gasteiger partial charge in [-0.2, -0.15) is 5.26 Å². The molecule has 0 atom stereocenters. The number of amides is 1. The Morgan fingerprint density at radius 2 is 2.24 bits per heavy atom. The summed E-state index contributed by atoms with van der Waals surface area (Å²) in [5, 5.41) is 14.8. The monoisotopic (exact) mass is 358 g/mol. The first-order valence-corrected chi connectivity index (χ1v) is 8.45. The molecular weight excluding hydrogens is 340 g/mol. The van der Waals surface area contributed by atoms with Crippen LogP contribution >= 0.6 is 11.3 Å². The molecule has 25 heavy (non-hydrogen) atoms. The number of pyridine rings is 1. The average molecular weight is 358 g/mol. The maximum atomic E-state index is 12.5. The molecule has 2 aromatic heterocycles. The number of carbonyl (C=O) groups excluding carboxylic acids is 1. The lowest BCUT2D eigenvalue weighted by Gasteiger charge is -2.00. The molecule has 0 aliphatic carbocycles. The maximum absolute atomic E-state index is 12.5. The molecule has 4 N–H and O–H groups in total. The standard InChI is InChI=1S/C16H18N6O2S/c1-3-19-14(23)10(8-17)16-22(4-2)15(24)11(25-16)9-20-13-7-5-6-12(18)21-13/h5-7,9H,3-4H2,1-2H3,(H,19,23)(H3,18,20,21). The van der Waals surface area contributed by atoms with E-state index >= 15 is 0 Å². The Kier molecular flexibility index (Phi) is 5.92. The molecular formula is C16H18N6O2S. The zero-order valence-corrected chi connectivity index (χ0v) is 14.7. The lowest BCUT2D eigenvalue weighted by Crippen LogP contribution is -2.34. The van der Waals surface area contributed by atoms with Crippen LogP contribution in [0.3, 0.4) is 0 Å². The highest BCUT2D eigenvalue weighted by molar-refractivity contribution is 7.07. The van der Waals surface area contributed by atoms with E-state index in [-0.39, 0.29) is 11.1 Å². The number of anilines is 2. The van der Waals surface area contributed by atoms with Crippen LogP contribution in [-0.4, -0.2) is 22.0 Å². The van der Waals surface area contributed by atoms with Crippen molar-refractivity contribution in [1.82, 2.24) is 14.9 Å². The van der Waals surface area contributed by atoms with E-state index < -0.39 is 5.91 Å². The summed E-state index contributed by atoms with van der Waals surface area (Å²) in [6.07, 6.45) is 1.50. The summed E-state index contributed by atoms with van der Waals surface area (Å²) in [6, 6.07) is 6.99. The normalized spacial score (nSPS) is 12.4. The van der Waals surface area contributed by atoms with Gasteiger partial charge in [0.2, 0.25) is 0 Å². The fourth-order valence-electron chi connectivity index (χ4n) is 2.11. The van der Waals surface area contributed by atoms with E-state index in [2.05, 4.69) is 15.6 Å². The quantitative estimate of drug-likeness (QED) is 0.666. The van der Waals surface area contributed by atoms with Gasteiger partial charge in [-0.05, 0) is 26.0 Å². The van der Waals surface area contributed by atoms with Crippen LogP contribution in [0.15, 0.2) is 23.0 Å². The SMILES string of the molecule is CCNC(=O)C(C#N)=c1sc(=CNc2cccc(N)n2)c(=O)n1CC. The minimum Gasteiger partial charge on any atom is -0.384 e. The van der Waals surface area contributed by atoms with E-state index in [0.717, 1.165) is 11.3 Å². The second-order valence-corrected chi connectivity index (χ2v) is 5.93. The van der Waals surface area contributed by atoms with Gasteiger partial charge >= 0.3 is 0 Å². The van der Waals surface area contributed by atoms with Gasteiger partial charge in [0.1, 0.15) is 26.9 Å². The Bertz CT molecular complexity index is 999. The molecule has 130 valence electrons. The van der Waals surface area contributed by atoms with Gasteiger partial charge in [-0.25, -0.2) is 4.98 Å². The number of aromatic nitrogens is 2. The molecule has 8 nitrogen and oxygen atoms in total. The fraction of sp³-hybridized carbons (Fsp3) is 0.250. The van der Waals surface area contributed by atoms with Crippen molar-refractivity contribution < 1.29 is 4.79 Å². The van der Waals surface area contributed by atoms with E-state index in [4.69, 9.17) is 5.73 Å². The number of rotatable bonds is 5. The number of hydrogen-bond acceptors (Lipinski definition) is 7. The highest BCUT2D eigenvalue weighted by Crippen LogP contribution is 2.05. The minimum absolute atomic E-state index is 0.0764. The van der Waals surface area contributed by atoms with Crippen LogP contribution in [0.1, 0.15) is 13.8 Å². The van der Waals surface area contributed by atoms with E-state index in [9.17, 15) is 14.9 Å². The van der Waals surface area contributed by atoms with Crippen molar-refractivity contribution in [2.24, 2.45) is 0 Å². The van der Waals surface area contributed by atoms with E-state index in [1.165, 1.54) is 10.8 Å². The van der Waals surface area contributed by atoms with Gasteiger partial charge in [0.05, 0.1) is 0 Å². The van der Waals surface area contributed by atoms with Crippen LogP contribution in [0.5, 0.6) is 0 Å². The molecule has 0 saturated heterocycles. The number of nitrogens with zero attached hydrogens (tertiary/aromatic N) is 3. The molecule has 2 heterocycles. The first-order chi connectivity index (χ1) is 12.0. The van der Waals surface area contributed by atoms with Crippen LogP contribution < -0.4 is 31.1 Å². The molecule has 0 saturated carbocycles. The van der Waals surface area contributed by atoms with Gasteiger partial charge in [0, 0.05) is 19.3 Å². The summed E-state index contributed by atoms with van der Waals surface area (Å²) in [4.78, 5) is 28.6. The third-order valence-electron chi connectivity index (χ3n) is 3.24. The summed E-state index contributed by atoms with van der Waals surface area (Å²) in [5.41, 5.74) is 5.26. The average Bonchev–Trinajstić information content (AvgIpc) is 2.89. The predicted molar refractivity (Wildman–Crippen MR) is 97.9 cm³/mol. The van der Waals surface area contributed by atoms with E-state index in [1.807, 2.05) is 6.07 Å². The van der Waals surface area contributed by atoms with Crippen LogP contribution in [0, 0.1) is 11.3 Å². The molecule has 0 radical (unpaired) electrons. The molecule has 0 unspecified atom stereocenters. The molecule has 0 aromatic carbocycles. The molecule has 9 heteroatoms. The third-order valence-corrected chi connectivity index (χ3v) is 4.37. The fourth-order valence-corrected chi connectivity index (χ4v) is 3.19. The zero-order valence-electron chi connectivity index (χ0n) is 13.9. The molecule has 0 fully saturated rings. The zero-order chi connectivity index (χ0) is 18.4. The minimum atomic E-state index is -0.495. The molecule has 0 spiro atoms. The van der Waals surface area contributed by atoms with Crippen LogP contribution in [0.25, 0.3) is 11.8 Å². The molecule has 0 bridgehead atoms. The molecule has 1 amide bonds. The number of nitrogen functional groups attached to an aromatic ring is 1. The first kappa shape index (κ1) is 18.2. The largest absolute Gasteiger partial charge is 0.384 e. The lowest BCUT2D eigenvalue weighted by molar-refractivity contribution is -0.115. The topological polar surface area (TPSA) is 126 Å².